The van der Waals surface area contributed by atoms with Crippen LogP contribution in [0, 0.1) is 15.9 Å². The van der Waals surface area contributed by atoms with Crippen molar-refractivity contribution in [3.63, 3.8) is 0 Å². The molecule has 1 aromatic carbocycles. The molecule has 0 unspecified atom stereocenters. The van der Waals surface area contributed by atoms with Crippen LogP contribution in [-0.4, -0.2) is 16.5 Å². The number of benzene rings is 1. The number of nitro groups is 1. The lowest BCUT2D eigenvalue weighted by Gasteiger charge is -2.09. The molecule has 0 saturated heterocycles. The summed E-state index contributed by atoms with van der Waals surface area (Å²) < 4.78 is 15.5. The maximum Gasteiger partial charge on any atom is 0.304 e. The van der Waals surface area contributed by atoms with E-state index in [-0.39, 0.29) is 0 Å². The van der Waals surface area contributed by atoms with Gasteiger partial charge in [-0.15, -0.1) is 0 Å². The molecule has 0 aliphatic carbocycles. The number of hydrogen-bond acceptors (Lipinski definition) is 3. The Morgan fingerprint density at radius 1 is 1.42 bits per heavy atom. The fourth-order valence-corrected chi connectivity index (χ4v) is 1.94. The number of nitrogens with one attached hydrogen (secondary N) is 1. The fraction of sp³-hybridized carbons (Fsp3) is 0.231. The average molecular weight is 263 g/mol. The molecule has 0 radical (unpaired) electrons. The van der Waals surface area contributed by atoms with E-state index in [0.29, 0.717) is 18.7 Å². The molecule has 0 spiro atoms. The van der Waals surface area contributed by atoms with Crippen LogP contribution < -0.4 is 5.32 Å². The lowest BCUT2D eigenvalue weighted by Crippen LogP contribution is -2.11. The number of hydrogen-bond donors (Lipinski definition) is 1. The highest BCUT2D eigenvalue weighted by molar-refractivity contribution is 5.35. The van der Waals surface area contributed by atoms with Crippen molar-refractivity contribution in [1.29, 1.82) is 0 Å². The van der Waals surface area contributed by atoms with Gasteiger partial charge >= 0.3 is 5.69 Å². The summed E-state index contributed by atoms with van der Waals surface area (Å²) in [5.41, 5.74) is 1.27. The Bertz CT molecular complexity index is 595. The summed E-state index contributed by atoms with van der Waals surface area (Å²) in [4.78, 5) is 9.82. The van der Waals surface area contributed by atoms with E-state index in [1.807, 2.05) is 29.9 Å². The minimum Gasteiger partial charge on any atom is -0.346 e. The van der Waals surface area contributed by atoms with Gasteiger partial charge in [-0.3, -0.25) is 10.1 Å². The van der Waals surface area contributed by atoms with E-state index in [0.717, 1.165) is 5.69 Å². The zero-order valence-electron chi connectivity index (χ0n) is 10.5. The van der Waals surface area contributed by atoms with E-state index in [1.54, 1.807) is 6.07 Å². The van der Waals surface area contributed by atoms with Crippen molar-refractivity contribution >= 4 is 5.69 Å². The molecule has 2 aromatic rings. The molecular weight excluding hydrogens is 249 g/mol. The van der Waals surface area contributed by atoms with Crippen LogP contribution in [0.5, 0.6) is 0 Å². The number of nitrogens with zero attached hydrogens (tertiary/aromatic N) is 2. The van der Waals surface area contributed by atoms with Crippen LogP contribution in [0.25, 0.3) is 0 Å². The smallest absolute Gasteiger partial charge is 0.304 e. The molecular formula is C13H14FN3O2. The van der Waals surface area contributed by atoms with Crippen molar-refractivity contribution in [2.24, 2.45) is 0 Å². The van der Waals surface area contributed by atoms with Gasteiger partial charge in [-0.2, -0.15) is 4.39 Å². The number of halogens is 1. The molecule has 0 fully saturated rings. The van der Waals surface area contributed by atoms with Crippen LogP contribution >= 0.6 is 0 Å². The standard InChI is InChI=1S/C13H14FN3O2/c1-15-8-11-3-2-6-16(11)9-10-4-5-13(17(18)19)12(14)7-10/h2-7,15H,8-9H2,1H3. The summed E-state index contributed by atoms with van der Waals surface area (Å²) >= 11 is 0. The first-order valence-corrected chi connectivity index (χ1v) is 5.83. The third kappa shape index (κ3) is 2.97. The highest BCUT2D eigenvalue weighted by Crippen LogP contribution is 2.19. The van der Waals surface area contributed by atoms with Gasteiger partial charge in [-0.25, -0.2) is 0 Å². The molecule has 19 heavy (non-hydrogen) atoms. The zero-order valence-corrected chi connectivity index (χ0v) is 10.5. The number of nitro benzene ring substituents is 1. The molecule has 2 rings (SSSR count). The molecule has 0 aliphatic rings. The van der Waals surface area contributed by atoms with E-state index in [2.05, 4.69) is 5.32 Å². The Balaban J connectivity index is 2.21. The molecule has 0 saturated carbocycles. The normalized spacial score (nSPS) is 10.6. The molecule has 0 aliphatic heterocycles. The van der Waals surface area contributed by atoms with Crippen molar-refractivity contribution in [2.75, 3.05) is 7.05 Å². The van der Waals surface area contributed by atoms with Gasteiger partial charge in [0.15, 0.2) is 0 Å². The Kier molecular flexibility index (Phi) is 3.91. The monoisotopic (exact) mass is 263 g/mol. The average Bonchev–Trinajstić information content (AvgIpc) is 2.77. The van der Waals surface area contributed by atoms with Crippen LogP contribution in [0.4, 0.5) is 10.1 Å². The van der Waals surface area contributed by atoms with Crippen molar-refractivity contribution in [2.45, 2.75) is 13.1 Å². The maximum absolute atomic E-state index is 13.5. The first-order chi connectivity index (χ1) is 9.11. The first kappa shape index (κ1) is 13.2. The summed E-state index contributed by atoms with van der Waals surface area (Å²) in [6.45, 7) is 1.20. The van der Waals surface area contributed by atoms with Crippen molar-refractivity contribution < 1.29 is 9.31 Å². The van der Waals surface area contributed by atoms with Gasteiger partial charge in [0.25, 0.3) is 0 Å². The van der Waals surface area contributed by atoms with E-state index in [1.165, 1.54) is 12.1 Å². The molecule has 1 N–H and O–H groups in total. The second-order valence-corrected chi connectivity index (χ2v) is 4.20. The van der Waals surface area contributed by atoms with Crippen LogP contribution in [0.1, 0.15) is 11.3 Å². The first-order valence-electron chi connectivity index (χ1n) is 5.83. The van der Waals surface area contributed by atoms with Gasteiger partial charge in [0.2, 0.25) is 5.82 Å². The summed E-state index contributed by atoms with van der Waals surface area (Å²) in [6, 6.07) is 7.87. The fourth-order valence-electron chi connectivity index (χ4n) is 1.94. The van der Waals surface area contributed by atoms with Crippen molar-refractivity contribution in [3.05, 3.63) is 63.7 Å². The van der Waals surface area contributed by atoms with Crippen LogP contribution in [-0.2, 0) is 13.1 Å². The molecule has 1 aromatic heterocycles. The van der Waals surface area contributed by atoms with Gasteiger partial charge in [-0.05, 0) is 30.8 Å². The summed E-state index contributed by atoms with van der Waals surface area (Å²) in [6.07, 6.45) is 1.89. The predicted octanol–water partition coefficient (Wildman–Crippen LogP) is 2.30. The Morgan fingerprint density at radius 3 is 2.84 bits per heavy atom. The predicted molar refractivity (Wildman–Crippen MR) is 69.4 cm³/mol. The van der Waals surface area contributed by atoms with Crippen LogP contribution in [0.2, 0.25) is 0 Å². The second-order valence-electron chi connectivity index (χ2n) is 4.20. The highest BCUT2D eigenvalue weighted by Gasteiger charge is 2.14. The molecule has 6 heteroatoms. The summed E-state index contributed by atoms with van der Waals surface area (Å²) in [5, 5.41) is 13.6. The Labute approximate surface area is 109 Å². The van der Waals surface area contributed by atoms with Crippen molar-refractivity contribution in [3.8, 4) is 0 Å². The summed E-state index contributed by atoms with van der Waals surface area (Å²) in [5.74, 6) is -0.801. The quantitative estimate of drug-likeness (QED) is 0.665. The number of rotatable bonds is 5. The topological polar surface area (TPSA) is 60.1 Å². The SMILES string of the molecule is CNCc1cccn1Cc1ccc([N+](=O)[O-])c(F)c1. The largest absolute Gasteiger partial charge is 0.346 e. The third-order valence-corrected chi connectivity index (χ3v) is 2.84. The van der Waals surface area contributed by atoms with Gasteiger partial charge in [-0.1, -0.05) is 6.07 Å². The van der Waals surface area contributed by atoms with Crippen LogP contribution in [0.15, 0.2) is 36.5 Å². The molecule has 5 nitrogen and oxygen atoms in total. The highest BCUT2D eigenvalue weighted by atomic mass is 19.1. The molecule has 0 atom stereocenters. The van der Waals surface area contributed by atoms with E-state index < -0.39 is 16.4 Å². The molecule has 0 bridgehead atoms. The Hall–Kier alpha value is -2.21. The van der Waals surface area contributed by atoms with E-state index in [4.69, 9.17) is 0 Å². The van der Waals surface area contributed by atoms with Crippen LogP contribution in [0.3, 0.4) is 0 Å². The minimum absolute atomic E-state index is 0.485. The van der Waals surface area contributed by atoms with Gasteiger partial charge in [0, 0.05) is 31.0 Å². The minimum atomic E-state index is -0.801. The van der Waals surface area contributed by atoms with E-state index in [9.17, 15) is 14.5 Å². The molecule has 0 amide bonds. The summed E-state index contributed by atoms with van der Waals surface area (Å²) in [7, 11) is 1.85. The lowest BCUT2D eigenvalue weighted by atomic mass is 10.2. The van der Waals surface area contributed by atoms with Gasteiger partial charge < -0.3 is 9.88 Å². The maximum atomic E-state index is 13.5. The zero-order chi connectivity index (χ0) is 13.8. The lowest BCUT2D eigenvalue weighted by molar-refractivity contribution is -0.387. The molecule has 1 heterocycles. The van der Waals surface area contributed by atoms with Crippen molar-refractivity contribution in [1.82, 2.24) is 9.88 Å². The van der Waals surface area contributed by atoms with Gasteiger partial charge in [0.1, 0.15) is 0 Å². The third-order valence-electron chi connectivity index (χ3n) is 2.84. The number of aromatic nitrogens is 1. The Morgan fingerprint density at radius 2 is 2.21 bits per heavy atom. The second kappa shape index (κ2) is 5.62. The van der Waals surface area contributed by atoms with E-state index >= 15 is 0 Å². The molecule has 100 valence electrons. The van der Waals surface area contributed by atoms with Gasteiger partial charge in [0.05, 0.1) is 4.92 Å².